The molecular weight excluding hydrogens is 318 g/mol. The Kier molecular flexibility index (Phi) is 5.13. The minimum Gasteiger partial charge on any atom is -0.340 e. The van der Waals surface area contributed by atoms with Crippen LogP contribution in [0.2, 0.25) is 0 Å². The van der Waals surface area contributed by atoms with Gasteiger partial charge in [-0.25, -0.2) is 0 Å². The number of carbonyl (C=O) groups is 1. The standard InChI is InChI=1S/C17H25N7O/c1-4-5-7-17(20-21-17)8-6-16(25)24-11-9-23(10-12-24)13-15-19-18-14(2)22(15)3/h1H,5-13H2,2-3H3. The van der Waals surface area contributed by atoms with E-state index in [9.17, 15) is 4.79 Å². The molecule has 0 unspecified atom stereocenters. The Morgan fingerprint density at radius 2 is 1.92 bits per heavy atom. The van der Waals surface area contributed by atoms with E-state index >= 15 is 0 Å². The number of amides is 1. The summed E-state index contributed by atoms with van der Waals surface area (Å²) in [6.07, 6.45) is 7.86. The molecule has 1 fully saturated rings. The van der Waals surface area contributed by atoms with Gasteiger partial charge in [-0.1, -0.05) is 0 Å². The molecule has 0 aromatic carbocycles. The second-order valence-corrected chi connectivity index (χ2v) is 6.77. The van der Waals surface area contributed by atoms with Crippen molar-refractivity contribution in [2.75, 3.05) is 26.2 Å². The number of hydrogen-bond donors (Lipinski definition) is 0. The van der Waals surface area contributed by atoms with Crippen LogP contribution in [0.4, 0.5) is 0 Å². The van der Waals surface area contributed by atoms with Crippen LogP contribution in [0.25, 0.3) is 0 Å². The molecule has 2 aliphatic rings. The van der Waals surface area contributed by atoms with E-state index in [4.69, 9.17) is 6.42 Å². The molecule has 1 saturated heterocycles. The van der Waals surface area contributed by atoms with Crippen molar-refractivity contribution in [2.45, 2.75) is 44.8 Å². The molecule has 0 saturated carbocycles. The maximum atomic E-state index is 12.4. The van der Waals surface area contributed by atoms with Crippen molar-refractivity contribution >= 4 is 5.91 Å². The number of aromatic nitrogens is 3. The average Bonchev–Trinajstić information content (AvgIpc) is 3.34. The Morgan fingerprint density at radius 1 is 1.20 bits per heavy atom. The number of aryl methyl sites for hydroxylation is 1. The van der Waals surface area contributed by atoms with Crippen LogP contribution in [-0.2, 0) is 18.4 Å². The maximum Gasteiger partial charge on any atom is 0.222 e. The van der Waals surface area contributed by atoms with Gasteiger partial charge >= 0.3 is 0 Å². The number of nitrogens with zero attached hydrogens (tertiary/aromatic N) is 7. The van der Waals surface area contributed by atoms with Crippen molar-refractivity contribution in [1.29, 1.82) is 0 Å². The highest BCUT2D eigenvalue weighted by atomic mass is 16.2. The van der Waals surface area contributed by atoms with Crippen LogP contribution in [0, 0.1) is 19.3 Å². The molecule has 0 bridgehead atoms. The Morgan fingerprint density at radius 3 is 2.48 bits per heavy atom. The number of rotatable bonds is 7. The molecule has 134 valence electrons. The molecule has 1 amide bonds. The van der Waals surface area contributed by atoms with Crippen LogP contribution in [-0.4, -0.2) is 62.3 Å². The van der Waals surface area contributed by atoms with Gasteiger partial charge in [0.05, 0.1) is 6.54 Å². The third-order valence-corrected chi connectivity index (χ3v) is 5.06. The summed E-state index contributed by atoms with van der Waals surface area (Å²) in [5, 5.41) is 16.5. The van der Waals surface area contributed by atoms with Gasteiger partial charge in [0.15, 0.2) is 5.66 Å². The second-order valence-electron chi connectivity index (χ2n) is 6.77. The van der Waals surface area contributed by atoms with Gasteiger partial charge in [-0.15, -0.1) is 22.5 Å². The largest absolute Gasteiger partial charge is 0.340 e. The monoisotopic (exact) mass is 343 g/mol. The van der Waals surface area contributed by atoms with Crippen molar-refractivity contribution in [1.82, 2.24) is 24.6 Å². The number of terminal acetylenes is 1. The van der Waals surface area contributed by atoms with Gasteiger partial charge in [0.1, 0.15) is 11.6 Å². The van der Waals surface area contributed by atoms with Gasteiger partial charge in [-0.3, -0.25) is 9.69 Å². The molecule has 0 N–H and O–H groups in total. The molecule has 0 aliphatic carbocycles. The Labute approximate surface area is 148 Å². The predicted molar refractivity (Wildman–Crippen MR) is 92.5 cm³/mol. The summed E-state index contributed by atoms with van der Waals surface area (Å²) < 4.78 is 2.01. The molecule has 25 heavy (non-hydrogen) atoms. The Bertz CT molecular complexity index is 688. The summed E-state index contributed by atoms with van der Waals surface area (Å²) in [4.78, 5) is 16.7. The van der Waals surface area contributed by atoms with Gasteiger partial charge in [0.25, 0.3) is 0 Å². The van der Waals surface area contributed by atoms with Crippen molar-refractivity contribution in [3.8, 4) is 12.3 Å². The lowest BCUT2D eigenvalue weighted by atomic mass is 10.0. The predicted octanol–water partition coefficient (Wildman–Crippen LogP) is 1.12. The molecule has 8 heteroatoms. The zero-order valence-corrected chi connectivity index (χ0v) is 15.0. The third-order valence-electron chi connectivity index (χ3n) is 5.06. The van der Waals surface area contributed by atoms with E-state index in [1.54, 1.807) is 0 Å². The maximum absolute atomic E-state index is 12.4. The summed E-state index contributed by atoms with van der Waals surface area (Å²) in [6.45, 7) is 5.93. The van der Waals surface area contributed by atoms with Crippen LogP contribution in [0.3, 0.4) is 0 Å². The summed E-state index contributed by atoms with van der Waals surface area (Å²) in [5.41, 5.74) is -0.368. The van der Waals surface area contributed by atoms with Crippen LogP contribution in [0.1, 0.15) is 37.3 Å². The van der Waals surface area contributed by atoms with E-state index in [0.717, 1.165) is 50.8 Å². The van der Waals surface area contributed by atoms with Gasteiger partial charge in [-0.05, 0) is 6.92 Å². The molecule has 1 aromatic heterocycles. The van der Waals surface area contributed by atoms with Crippen molar-refractivity contribution < 1.29 is 4.79 Å². The smallest absolute Gasteiger partial charge is 0.222 e. The normalized spacial score (nSPS) is 19.0. The van der Waals surface area contributed by atoms with Crippen LogP contribution >= 0.6 is 0 Å². The van der Waals surface area contributed by atoms with Crippen LogP contribution in [0.15, 0.2) is 10.2 Å². The fourth-order valence-electron chi connectivity index (χ4n) is 3.08. The first-order valence-corrected chi connectivity index (χ1v) is 8.75. The molecule has 3 heterocycles. The minimum atomic E-state index is -0.368. The van der Waals surface area contributed by atoms with E-state index < -0.39 is 0 Å². The summed E-state index contributed by atoms with van der Waals surface area (Å²) in [5.74, 6) is 4.68. The lowest BCUT2D eigenvalue weighted by Crippen LogP contribution is -2.48. The lowest BCUT2D eigenvalue weighted by molar-refractivity contribution is -0.133. The highest BCUT2D eigenvalue weighted by Gasteiger charge is 2.39. The van der Waals surface area contributed by atoms with Crippen LogP contribution < -0.4 is 0 Å². The number of hydrogen-bond acceptors (Lipinski definition) is 6. The molecule has 8 nitrogen and oxygen atoms in total. The van der Waals surface area contributed by atoms with Gasteiger partial charge in [-0.2, -0.15) is 10.2 Å². The van der Waals surface area contributed by atoms with E-state index in [2.05, 4.69) is 31.2 Å². The van der Waals surface area contributed by atoms with E-state index in [1.165, 1.54) is 0 Å². The molecule has 0 spiro atoms. The Balaban J connectivity index is 1.40. The zero-order valence-electron chi connectivity index (χ0n) is 15.0. The van der Waals surface area contributed by atoms with Crippen molar-refractivity contribution in [2.24, 2.45) is 17.3 Å². The van der Waals surface area contributed by atoms with Crippen molar-refractivity contribution in [3.05, 3.63) is 11.6 Å². The first kappa shape index (κ1) is 17.5. The second kappa shape index (κ2) is 7.31. The molecule has 1 aromatic rings. The number of piperazine rings is 1. The van der Waals surface area contributed by atoms with Gasteiger partial charge < -0.3 is 9.47 Å². The number of carbonyl (C=O) groups excluding carboxylic acids is 1. The molecule has 0 radical (unpaired) electrons. The summed E-state index contributed by atoms with van der Waals surface area (Å²) in [6, 6.07) is 0. The molecule has 0 atom stereocenters. The van der Waals surface area contributed by atoms with Gasteiger partial charge in [0, 0.05) is 58.9 Å². The zero-order chi connectivity index (χ0) is 17.9. The fraction of sp³-hybridized carbons (Fsp3) is 0.706. The highest BCUT2D eigenvalue weighted by Crippen LogP contribution is 2.37. The highest BCUT2D eigenvalue weighted by molar-refractivity contribution is 5.76. The Hall–Kier alpha value is -2.27. The SMILES string of the molecule is C#CCCC1(CCC(=O)N2CCN(Cc3nnc(C)n3C)CC2)N=N1. The molecule has 2 aliphatic heterocycles. The van der Waals surface area contributed by atoms with E-state index in [0.29, 0.717) is 19.3 Å². The first-order valence-electron chi connectivity index (χ1n) is 8.75. The van der Waals surface area contributed by atoms with Crippen LogP contribution in [0.5, 0.6) is 0 Å². The summed E-state index contributed by atoms with van der Waals surface area (Å²) in [7, 11) is 1.98. The quantitative estimate of drug-likeness (QED) is 0.695. The topological polar surface area (TPSA) is 79.0 Å². The van der Waals surface area contributed by atoms with E-state index in [-0.39, 0.29) is 11.6 Å². The third kappa shape index (κ3) is 4.23. The van der Waals surface area contributed by atoms with Gasteiger partial charge in [0.2, 0.25) is 5.91 Å². The molecule has 3 rings (SSSR count). The van der Waals surface area contributed by atoms with E-state index in [1.807, 2.05) is 23.4 Å². The minimum absolute atomic E-state index is 0.187. The lowest BCUT2D eigenvalue weighted by Gasteiger charge is -2.34. The van der Waals surface area contributed by atoms with Crippen molar-refractivity contribution in [3.63, 3.8) is 0 Å². The fourth-order valence-corrected chi connectivity index (χ4v) is 3.08. The average molecular weight is 343 g/mol. The summed E-state index contributed by atoms with van der Waals surface area (Å²) >= 11 is 0. The first-order chi connectivity index (χ1) is 12.0. The molecular formula is C17H25N7O.